The standard InChI is InChI=1S/C26H27F2N5O/c1-14-7-20(27)25(21(28)8-14)23-4-3-18-13-31-24(33(18)32-23)11-17-12-30-6-5-19(17)16-9-15(2)26(34)22(29)10-16/h3-8,12-13,15-16,22,26,34H,9-11,29H2,1-2H3/t15-,16+,22+,26+/m0/s1. The molecule has 0 aliphatic heterocycles. The van der Waals surface area contributed by atoms with Gasteiger partial charge in [-0.25, -0.2) is 18.3 Å². The molecule has 6 nitrogen and oxygen atoms in total. The average Bonchev–Trinajstić information content (AvgIpc) is 3.19. The minimum Gasteiger partial charge on any atom is -0.391 e. The molecular formula is C26H27F2N5O. The van der Waals surface area contributed by atoms with Crippen molar-refractivity contribution in [2.45, 2.75) is 51.2 Å². The van der Waals surface area contributed by atoms with E-state index in [1.54, 1.807) is 36.0 Å². The quantitative estimate of drug-likeness (QED) is 0.474. The third-order valence-corrected chi connectivity index (χ3v) is 6.86. The molecule has 176 valence electrons. The van der Waals surface area contributed by atoms with E-state index in [4.69, 9.17) is 5.73 Å². The number of hydrogen-bond donors (Lipinski definition) is 2. The Balaban J connectivity index is 1.51. The number of fused-ring (bicyclic) bond motifs is 1. The number of nitrogens with two attached hydrogens (primary N) is 1. The van der Waals surface area contributed by atoms with Crippen LogP contribution >= 0.6 is 0 Å². The molecule has 3 heterocycles. The van der Waals surface area contributed by atoms with Crippen LogP contribution in [0.3, 0.4) is 0 Å². The summed E-state index contributed by atoms with van der Waals surface area (Å²) in [5.74, 6) is -0.342. The smallest absolute Gasteiger partial charge is 0.135 e. The van der Waals surface area contributed by atoms with Crippen LogP contribution in [0, 0.1) is 24.5 Å². The van der Waals surface area contributed by atoms with Crippen molar-refractivity contribution in [3.05, 3.63) is 83.1 Å². The number of aromatic nitrogens is 4. The van der Waals surface area contributed by atoms with Crippen LogP contribution in [0.5, 0.6) is 0 Å². The number of imidazole rings is 1. The molecule has 0 radical (unpaired) electrons. The van der Waals surface area contributed by atoms with Crippen LogP contribution in [-0.2, 0) is 6.42 Å². The molecule has 34 heavy (non-hydrogen) atoms. The first-order chi connectivity index (χ1) is 16.3. The molecule has 0 amide bonds. The second kappa shape index (κ2) is 8.85. The van der Waals surface area contributed by atoms with Gasteiger partial charge in [-0.15, -0.1) is 0 Å². The van der Waals surface area contributed by atoms with Gasteiger partial charge in [0.05, 0.1) is 29.1 Å². The van der Waals surface area contributed by atoms with Gasteiger partial charge in [-0.2, -0.15) is 5.10 Å². The van der Waals surface area contributed by atoms with E-state index in [2.05, 4.69) is 15.1 Å². The Bertz CT molecular complexity index is 1320. The van der Waals surface area contributed by atoms with Crippen LogP contribution in [0.4, 0.5) is 8.78 Å². The van der Waals surface area contributed by atoms with Crippen molar-refractivity contribution in [3.8, 4) is 11.3 Å². The second-order valence-electron chi connectivity index (χ2n) is 9.38. The maximum atomic E-state index is 14.6. The molecule has 1 aromatic carbocycles. The summed E-state index contributed by atoms with van der Waals surface area (Å²) < 4.78 is 30.8. The number of rotatable bonds is 4. The van der Waals surface area contributed by atoms with Gasteiger partial charge in [0.2, 0.25) is 0 Å². The van der Waals surface area contributed by atoms with E-state index in [-0.39, 0.29) is 29.1 Å². The van der Waals surface area contributed by atoms with Crippen LogP contribution in [0.25, 0.3) is 16.8 Å². The number of aliphatic hydroxyl groups is 1. The molecule has 3 aromatic heterocycles. The van der Waals surface area contributed by atoms with E-state index in [1.807, 2.05) is 19.2 Å². The molecule has 0 saturated heterocycles. The van der Waals surface area contributed by atoms with Crippen LogP contribution < -0.4 is 5.73 Å². The first kappa shape index (κ1) is 22.6. The van der Waals surface area contributed by atoms with Crippen molar-refractivity contribution < 1.29 is 13.9 Å². The predicted octanol–water partition coefficient (Wildman–Crippen LogP) is 4.17. The van der Waals surface area contributed by atoms with E-state index < -0.39 is 17.7 Å². The molecule has 1 aliphatic rings. The van der Waals surface area contributed by atoms with Crippen molar-refractivity contribution in [1.82, 2.24) is 19.6 Å². The van der Waals surface area contributed by atoms with Gasteiger partial charge in [-0.3, -0.25) is 4.98 Å². The maximum absolute atomic E-state index is 14.6. The minimum absolute atomic E-state index is 0.102. The number of halogens is 2. The maximum Gasteiger partial charge on any atom is 0.135 e. The van der Waals surface area contributed by atoms with Gasteiger partial charge in [0.25, 0.3) is 0 Å². The number of pyridine rings is 1. The summed E-state index contributed by atoms with van der Waals surface area (Å²) in [5.41, 5.74) is 9.63. The van der Waals surface area contributed by atoms with Gasteiger partial charge < -0.3 is 10.8 Å². The summed E-state index contributed by atoms with van der Waals surface area (Å²) >= 11 is 0. The Morgan fingerprint density at radius 1 is 1.12 bits per heavy atom. The number of hydrogen-bond acceptors (Lipinski definition) is 5. The van der Waals surface area contributed by atoms with Crippen LogP contribution in [0.1, 0.15) is 48.2 Å². The summed E-state index contributed by atoms with van der Waals surface area (Å²) in [4.78, 5) is 8.85. The number of aliphatic hydroxyl groups excluding tert-OH is 1. The molecule has 0 bridgehead atoms. The lowest BCUT2D eigenvalue weighted by Gasteiger charge is -2.36. The van der Waals surface area contributed by atoms with Crippen LogP contribution in [0.15, 0.2) is 48.9 Å². The van der Waals surface area contributed by atoms with Crippen molar-refractivity contribution in [3.63, 3.8) is 0 Å². The second-order valence-corrected chi connectivity index (χ2v) is 9.38. The molecule has 1 fully saturated rings. The molecule has 4 atom stereocenters. The van der Waals surface area contributed by atoms with Crippen LogP contribution in [-0.4, -0.2) is 36.8 Å². The largest absolute Gasteiger partial charge is 0.391 e. The van der Waals surface area contributed by atoms with Gasteiger partial charge >= 0.3 is 0 Å². The normalized spacial score (nSPS) is 22.9. The highest BCUT2D eigenvalue weighted by Crippen LogP contribution is 2.37. The zero-order chi connectivity index (χ0) is 24.0. The zero-order valence-electron chi connectivity index (χ0n) is 19.1. The average molecular weight is 464 g/mol. The van der Waals surface area contributed by atoms with E-state index in [0.29, 0.717) is 24.2 Å². The van der Waals surface area contributed by atoms with Gasteiger partial charge in [0.15, 0.2) is 0 Å². The van der Waals surface area contributed by atoms with Crippen LogP contribution in [0.2, 0.25) is 0 Å². The highest BCUT2D eigenvalue weighted by Gasteiger charge is 2.33. The fourth-order valence-corrected chi connectivity index (χ4v) is 5.11. The van der Waals surface area contributed by atoms with Crippen molar-refractivity contribution >= 4 is 5.52 Å². The third-order valence-electron chi connectivity index (χ3n) is 6.86. The Kier molecular flexibility index (Phi) is 5.87. The fraction of sp³-hybridized carbons (Fsp3) is 0.346. The Morgan fingerprint density at radius 2 is 1.88 bits per heavy atom. The van der Waals surface area contributed by atoms with Crippen molar-refractivity contribution in [1.29, 1.82) is 0 Å². The summed E-state index contributed by atoms with van der Waals surface area (Å²) in [6.07, 6.45) is 6.77. The first-order valence-corrected chi connectivity index (χ1v) is 11.5. The summed E-state index contributed by atoms with van der Waals surface area (Å²) in [5, 5.41) is 14.8. The van der Waals surface area contributed by atoms with E-state index in [9.17, 15) is 13.9 Å². The molecule has 0 spiro atoms. The van der Waals surface area contributed by atoms with Gasteiger partial charge in [0, 0.05) is 24.9 Å². The molecule has 0 unspecified atom stereocenters. The first-order valence-electron chi connectivity index (χ1n) is 11.5. The molecule has 5 rings (SSSR count). The molecule has 8 heteroatoms. The highest BCUT2D eigenvalue weighted by molar-refractivity contribution is 5.63. The Labute approximate surface area is 196 Å². The summed E-state index contributed by atoms with van der Waals surface area (Å²) in [6, 6.07) is 7.68. The third kappa shape index (κ3) is 4.08. The number of aryl methyl sites for hydroxylation is 1. The van der Waals surface area contributed by atoms with Crippen molar-refractivity contribution in [2.24, 2.45) is 11.7 Å². The molecule has 1 aliphatic carbocycles. The topological polar surface area (TPSA) is 89.3 Å². The van der Waals surface area contributed by atoms with Gasteiger partial charge in [-0.05, 0) is 78.6 Å². The lowest BCUT2D eigenvalue weighted by Crippen LogP contribution is -2.44. The fourth-order valence-electron chi connectivity index (χ4n) is 5.11. The SMILES string of the molecule is Cc1cc(F)c(-c2ccc3cnc(Cc4cnccc4[C@H]4C[C@@H](N)[C@H](O)[C@@H](C)C4)n3n2)c(F)c1. The van der Waals surface area contributed by atoms with E-state index in [0.717, 1.165) is 23.1 Å². The number of nitrogens with zero attached hydrogens (tertiary/aromatic N) is 4. The zero-order valence-corrected chi connectivity index (χ0v) is 19.1. The predicted molar refractivity (Wildman–Crippen MR) is 125 cm³/mol. The van der Waals surface area contributed by atoms with Crippen molar-refractivity contribution in [2.75, 3.05) is 0 Å². The lowest BCUT2D eigenvalue weighted by atomic mass is 9.74. The Hall–Kier alpha value is -3.23. The monoisotopic (exact) mass is 463 g/mol. The van der Waals surface area contributed by atoms with E-state index >= 15 is 0 Å². The highest BCUT2D eigenvalue weighted by atomic mass is 19.1. The summed E-state index contributed by atoms with van der Waals surface area (Å²) in [7, 11) is 0. The summed E-state index contributed by atoms with van der Waals surface area (Å²) in [6.45, 7) is 3.67. The minimum atomic E-state index is -0.648. The molecule has 1 saturated carbocycles. The Morgan fingerprint density at radius 3 is 2.62 bits per heavy atom. The lowest BCUT2D eigenvalue weighted by molar-refractivity contribution is 0.0519. The molecular weight excluding hydrogens is 436 g/mol. The molecule has 3 N–H and O–H groups in total. The number of benzene rings is 1. The molecule has 4 aromatic rings. The van der Waals surface area contributed by atoms with E-state index in [1.165, 1.54) is 12.1 Å². The van der Waals surface area contributed by atoms with Gasteiger partial charge in [-0.1, -0.05) is 6.92 Å². The van der Waals surface area contributed by atoms with Gasteiger partial charge in [0.1, 0.15) is 17.5 Å².